The molecule has 25 heavy (non-hydrogen) atoms. The van der Waals surface area contributed by atoms with Gasteiger partial charge in [-0.3, -0.25) is 9.78 Å². The average molecular weight is 344 g/mol. The van der Waals surface area contributed by atoms with Crippen molar-refractivity contribution in [2.75, 3.05) is 20.3 Å². The monoisotopic (exact) mass is 344 g/mol. The number of carbonyl (C=O) groups is 1. The molecule has 0 bridgehead atoms. The topological polar surface area (TPSA) is 51.7 Å². The van der Waals surface area contributed by atoms with Crippen molar-refractivity contribution < 1.29 is 18.7 Å². The van der Waals surface area contributed by atoms with E-state index >= 15 is 0 Å². The first-order valence-electron chi connectivity index (χ1n) is 8.30. The lowest BCUT2D eigenvalue weighted by Gasteiger charge is -2.26. The minimum atomic E-state index is -0.487. The molecule has 0 N–H and O–H groups in total. The van der Waals surface area contributed by atoms with Crippen LogP contribution in [0.25, 0.3) is 0 Å². The predicted molar refractivity (Wildman–Crippen MR) is 90.9 cm³/mol. The fourth-order valence-corrected chi connectivity index (χ4v) is 2.94. The minimum absolute atomic E-state index is 0.0353. The van der Waals surface area contributed by atoms with Crippen LogP contribution in [0.2, 0.25) is 0 Å². The first-order valence-corrected chi connectivity index (χ1v) is 8.30. The van der Waals surface area contributed by atoms with E-state index in [9.17, 15) is 9.18 Å². The minimum Gasteiger partial charge on any atom is -0.494 e. The zero-order valence-electron chi connectivity index (χ0n) is 14.2. The van der Waals surface area contributed by atoms with E-state index in [1.165, 1.54) is 25.3 Å². The number of hydrogen-bond acceptors (Lipinski definition) is 4. The number of nitrogens with zero attached hydrogens (tertiary/aromatic N) is 2. The van der Waals surface area contributed by atoms with Gasteiger partial charge in [0, 0.05) is 37.7 Å². The molecule has 1 unspecified atom stereocenters. The Balaban J connectivity index is 1.82. The lowest BCUT2D eigenvalue weighted by Crippen LogP contribution is -2.37. The molecular formula is C19H21FN2O3. The molecule has 2 aromatic rings. The Labute approximate surface area is 146 Å². The van der Waals surface area contributed by atoms with E-state index in [4.69, 9.17) is 9.47 Å². The van der Waals surface area contributed by atoms with Gasteiger partial charge in [0.1, 0.15) is 0 Å². The lowest BCUT2D eigenvalue weighted by atomic mass is 10.1. The zero-order chi connectivity index (χ0) is 17.6. The quantitative estimate of drug-likeness (QED) is 0.808. The summed E-state index contributed by atoms with van der Waals surface area (Å²) in [4.78, 5) is 18.7. The number of carbonyl (C=O) groups excluding carboxylic acids is 1. The van der Waals surface area contributed by atoms with Crippen LogP contribution < -0.4 is 4.74 Å². The highest BCUT2D eigenvalue weighted by Crippen LogP contribution is 2.21. The Kier molecular flexibility index (Phi) is 5.60. The third-order valence-corrected chi connectivity index (χ3v) is 4.26. The number of rotatable bonds is 6. The SMILES string of the molecule is COc1cc(C(=O)N(Cc2ccncc2)CC2CCCO2)ccc1F. The van der Waals surface area contributed by atoms with Crippen LogP contribution >= 0.6 is 0 Å². The van der Waals surface area contributed by atoms with Crippen molar-refractivity contribution >= 4 is 5.91 Å². The van der Waals surface area contributed by atoms with E-state index in [-0.39, 0.29) is 17.8 Å². The summed E-state index contributed by atoms with van der Waals surface area (Å²) < 4.78 is 24.3. The Hall–Kier alpha value is -2.47. The van der Waals surface area contributed by atoms with Crippen molar-refractivity contribution in [2.45, 2.75) is 25.5 Å². The first-order chi connectivity index (χ1) is 12.2. The second-order valence-corrected chi connectivity index (χ2v) is 6.03. The Bertz CT molecular complexity index is 718. The summed E-state index contributed by atoms with van der Waals surface area (Å²) in [6.07, 6.45) is 5.38. The number of pyridine rings is 1. The van der Waals surface area contributed by atoms with E-state index in [0.717, 1.165) is 25.0 Å². The molecule has 2 heterocycles. The predicted octanol–water partition coefficient (Wildman–Crippen LogP) is 3.05. The number of aromatic nitrogens is 1. The van der Waals surface area contributed by atoms with Gasteiger partial charge < -0.3 is 14.4 Å². The standard InChI is InChI=1S/C19H21FN2O3/c1-24-18-11-15(4-5-17(18)20)19(23)22(13-16-3-2-10-25-16)12-14-6-8-21-9-7-14/h4-9,11,16H,2-3,10,12-13H2,1H3. The molecule has 3 rings (SSSR count). The summed E-state index contributed by atoms with van der Waals surface area (Å²) in [6.45, 7) is 1.67. The van der Waals surface area contributed by atoms with Crippen LogP contribution in [-0.2, 0) is 11.3 Å². The summed E-state index contributed by atoms with van der Waals surface area (Å²) in [5.74, 6) is -0.601. The Morgan fingerprint density at radius 3 is 2.84 bits per heavy atom. The molecule has 0 radical (unpaired) electrons. The molecule has 1 saturated heterocycles. The van der Waals surface area contributed by atoms with Crippen molar-refractivity contribution in [2.24, 2.45) is 0 Å². The van der Waals surface area contributed by atoms with Crippen LogP contribution in [0.5, 0.6) is 5.75 Å². The molecular weight excluding hydrogens is 323 g/mol. The van der Waals surface area contributed by atoms with Gasteiger partial charge in [-0.2, -0.15) is 0 Å². The van der Waals surface area contributed by atoms with E-state index < -0.39 is 5.82 Å². The molecule has 0 aliphatic carbocycles. The van der Waals surface area contributed by atoms with Crippen molar-refractivity contribution in [1.82, 2.24) is 9.88 Å². The number of amides is 1. The van der Waals surface area contributed by atoms with Crippen molar-refractivity contribution in [3.8, 4) is 5.75 Å². The van der Waals surface area contributed by atoms with Gasteiger partial charge in [-0.25, -0.2) is 4.39 Å². The molecule has 1 amide bonds. The molecule has 1 aliphatic heterocycles. The summed E-state index contributed by atoms with van der Waals surface area (Å²) >= 11 is 0. The van der Waals surface area contributed by atoms with E-state index in [0.29, 0.717) is 18.7 Å². The largest absolute Gasteiger partial charge is 0.494 e. The lowest BCUT2D eigenvalue weighted by molar-refractivity contribution is 0.0507. The van der Waals surface area contributed by atoms with Crippen LogP contribution in [0.3, 0.4) is 0 Å². The van der Waals surface area contributed by atoms with Gasteiger partial charge in [0.2, 0.25) is 0 Å². The van der Waals surface area contributed by atoms with Crippen LogP contribution in [0, 0.1) is 5.82 Å². The molecule has 5 nitrogen and oxygen atoms in total. The van der Waals surface area contributed by atoms with Crippen LogP contribution in [0.1, 0.15) is 28.8 Å². The summed E-state index contributed by atoms with van der Waals surface area (Å²) in [5.41, 5.74) is 1.38. The third kappa shape index (κ3) is 4.33. The molecule has 1 aromatic heterocycles. The van der Waals surface area contributed by atoms with Gasteiger partial charge in [0.25, 0.3) is 5.91 Å². The summed E-state index contributed by atoms with van der Waals surface area (Å²) in [6, 6.07) is 7.92. The van der Waals surface area contributed by atoms with Gasteiger partial charge >= 0.3 is 0 Å². The van der Waals surface area contributed by atoms with Gasteiger partial charge in [0.15, 0.2) is 11.6 Å². The van der Waals surface area contributed by atoms with Crippen molar-refractivity contribution in [1.29, 1.82) is 0 Å². The van der Waals surface area contributed by atoms with Crippen molar-refractivity contribution in [3.63, 3.8) is 0 Å². The molecule has 1 fully saturated rings. The van der Waals surface area contributed by atoms with Crippen LogP contribution in [-0.4, -0.2) is 42.2 Å². The van der Waals surface area contributed by atoms with Gasteiger partial charge in [-0.1, -0.05) is 0 Å². The second kappa shape index (κ2) is 8.07. The van der Waals surface area contributed by atoms with E-state index in [1.54, 1.807) is 17.3 Å². The fourth-order valence-electron chi connectivity index (χ4n) is 2.94. The van der Waals surface area contributed by atoms with Crippen molar-refractivity contribution in [3.05, 3.63) is 59.7 Å². The maximum atomic E-state index is 13.6. The molecule has 0 saturated carbocycles. The van der Waals surface area contributed by atoms with Crippen LogP contribution in [0.15, 0.2) is 42.7 Å². The third-order valence-electron chi connectivity index (χ3n) is 4.26. The number of methoxy groups -OCH3 is 1. The fraction of sp³-hybridized carbons (Fsp3) is 0.368. The molecule has 132 valence electrons. The number of halogens is 1. The highest BCUT2D eigenvalue weighted by molar-refractivity contribution is 5.94. The summed E-state index contributed by atoms with van der Waals surface area (Å²) in [5, 5.41) is 0. The number of benzene rings is 1. The van der Waals surface area contributed by atoms with E-state index in [2.05, 4.69) is 4.98 Å². The second-order valence-electron chi connectivity index (χ2n) is 6.03. The molecule has 1 aliphatic rings. The molecule has 1 atom stereocenters. The van der Waals surface area contributed by atoms with Gasteiger partial charge in [0.05, 0.1) is 13.2 Å². The highest BCUT2D eigenvalue weighted by atomic mass is 19.1. The first kappa shape index (κ1) is 17.4. The Morgan fingerprint density at radius 2 is 2.16 bits per heavy atom. The number of ether oxygens (including phenoxy) is 2. The van der Waals surface area contributed by atoms with Crippen LogP contribution in [0.4, 0.5) is 4.39 Å². The normalized spacial score (nSPS) is 16.6. The van der Waals surface area contributed by atoms with Gasteiger partial charge in [-0.15, -0.1) is 0 Å². The smallest absolute Gasteiger partial charge is 0.254 e. The molecule has 6 heteroatoms. The maximum Gasteiger partial charge on any atom is 0.254 e. The highest BCUT2D eigenvalue weighted by Gasteiger charge is 2.24. The Morgan fingerprint density at radius 1 is 1.36 bits per heavy atom. The maximum absolute atomic E-state index is 13.6. The van der Waals surface area contributed by atoms with Gasteiger partial charge in [-0.05, 0) is 48.7 Å². The van der Waals surface area contributed by atoms with E-state index in [1.807, 2.05) is 12.1 Å². The molecule has 0 spiro atoms. The zero-order valence-corrected chi connectivity index (χ0v) is 14.2. The summed E-state index contributed by atoms with van der Waals surface area (Å²) in [7, 11) is 1.38. The average Bonchev–Trinajstić information content (AvgIpc) is 3.15. The number of hydrogen-bond donors (Lipinski definition) is 0. The molecule has 1 aromatic carbocycles.